The van der Waals surface area contributed by atoms with Gasteiger partial charge in [0.25, 0.3) is 5.92 Å². The van der Waals surface area contributed by atoms with Gasteiger partial charge < -0.3 is 30.0 Å². The summed E-state index contributed by atoms with van der Waals surface area (Å²) in [4.78, 5) is 17.8. The molecule has 3 N–H and O–H groups in total. The summed E-state index contributed by atoms with van der Waals surface area (Å²) in [7, 11) is -4.10. The van der Waals surface area contributed by atoms with E-state index in [1.807, 2.05) is 45.9 Å². The Labute approximate surface area is 277 Å². The molecule has 15 heteroatoms. The van der Waals surface area contributed by atoms with Gasteiger partial charge in [-0.05, 0) is 49.9 Å². The van der Waals surface area contributed by atoms with E-state index in [1.165, 1.54) is 21.7 Å². The topological polar surface area (TPSA) is 139 Å². The van der Waals surface area contributed by atoms with Crippen molar-refractivity contribution in [3.8, 4) is 0 Å². The summed E-state index contributed by atoms with van der Waals surface area (Å²) >= 11 is 1.35. The average molecular weight is 697 g/mol. The van der Waals surface area contributed by atoms with Crippen LogP contribution in [0.25, 0.3) is 10.2 Å². The quantitative estimate of drug-likeness (QED) is 0.229. The zero-order valence-corrected chi connectivity index (χ0v) is 28.4. The standard InChI is InChI=1S/C32H42F2N4O7S2/c1-19(2)16-38(47(41,42)22-10-11-23-27(15-22)46-30(36-23)35-20(3)4)17-25(39)24(14-21-8-6-5-7-9-21)37-31(40)45-26-12-13-43-29-28(26)32(33,34)18-44-29/h5-11,15,19-20,24-26,28-29,39H,12-14,16-18H2,1-4H3,(H,35,36)(H,37,40)/t24-,25+,26-,28-,29-/m0/s1. The van der Waals surface area contributed by atoms with Gasteiger partial charge in [0.05, 0.1) is 33.9 Å². The van der Waals surface area contributed by atoms with Crippen molar-refractivity contribution >= 4 is 42.8 Å². The molecule has 2 saturated heterocycles. The van der Waals surface area contributed by atoms with Gasteiger partial charge in [0.15, 0.2) is 11.4 Å². The third-order valence-electron chi connectivity index (χ3n) is 8.00. The van der Waals surface area contributed by atoms with Crippen molar-refractivity contribution < 1.29 is 41.3 Å². The van der Waals surface area contributed by atoms with Gasteiger partial charge in [-0.1, -0.05) is 55.5 Å². The molecule has 5 atom stereocenters. The van der Waals surface area contributed by atoms with Crippen molar-refractivity contribution in [1.82, 2.24) is 14.6 Å². The number of fused-ring (bicyclic) bond motifs is 2. The minimum absolute atomic E-state index is 0.0540. The maximum Gasteiger partial charge on any atom is 0.407 e. The van der Waals surface area contributed by atoms with Gasteiger partial charge in [-0.2, -0.15) is 4.31 Å². The number of carbonyl (C=O) groups is 1. The van der Waals surface area contributed by atoms with Crippen molar-refractivity contribution in [2.45, 2.75) is 81.9 Å². The fraction of sp³-hybridized carbons (Fsp3) is 0.562. The number of halogens is 2. The first-order chi connectivity index (χ1) is 22.2. The highest BCUT2D eigenvalue weighted by Crippen LogP contribution is 2.43. The number of amides is 1. The van der Waals surface area contributed by atoms with Crippen molar-refractivity contribution in [1.29, 1.82) is 0 Å². The molecular formula is C32H42F2N4O7S2. The van der Waals surface area contributed by atoms with Crippen molar-refractivity contribution in [2.75, 3.05) is 31.6 Å². The number of aromatic nitrogens is 1. The number of anilines is 1. The lowest BCUT2D eigenvalue weighted by atomic mass is 9.92. The van der Waals surface area contributed by atoms with E-state index in [4.69, 9.17) is 14.2 Å². The molecule has 3 heterocycles. The summed E-state index contributed by atoms with van der Waals surface area (Å²) < 4.78 is 75.0. The maximum absolute atomic E-state index is 14.6. The fourth-order valence-electron chi connectivity index (χ4n) is 5.81. The van der Waals surface area contributed by atoms with Gasteiger partial charge in [-0.3, -0.25) is 0 Å². The number of thiazole rings is 1. The van der Waals surface area contributed by atoms with Crippen LogP contribution in [-0.4, -0.2) is 91.7 Å². The summed E-state index contributed by atoms with van der Waals surface area (Å²) in [6.45, 7) is 6.72. The third kappa shape index (κ3) is 8.56. The minimum Gasteiger partial charge on any atom is -0.445 e. The second-order valence-corrected chi connectivity index (χ2v) is 15.7. The maximum atomic E-state index is 14.6. The summed E-state index contributed by atoms with van der Waals surface area (Å²) in [6.07, 6.45) is -4.55. The monoisotopic (exact) mass is 696 g/mol. The van der Waals surface area contributed by atoms with E-state index in [2.05, 4.69) is 15.6 Å². The summed E-state index contributed by atoms with van der Waals surface area (Å²) in [6, 6.07) is 12.9. The van der Waals surface area contributed by atoms with Gasteiger partial charge in [-0.25, -0.2) is 27.0 Å². The van der Waals surface area contributed by atoms with Crippen LogP contribution in [0.15, 0.2) is 53.4 Å². The van der Waals surface area contributed by atoms with Crippen molar-refractivity contribution in [2.24, 2.45) is 11.8 Å². The van der Waals surface area contributed by atoms with Crippen LogP contribution in [-0.2, 0) is 30.7 Å². The molecule has 2 aromatic carbocycles. The lowest BCUT2D eigenvalue weighted by Gasteiger charge is -2.35. The summed E-state index contributed by atoms with van der Waals surface area (Å²) in [5.41, 5.74) is 1.43. The van der Waals surface area contributed by atoms with E-state index in [9.17, 15) is 27.1 Å². The number of rotatable bonds is 13. The number of alkyl halides is 2. The van der Waals surface area contributed by atoms with Crippen LogP contribution in [0.1, 0.15) is 39.7 Å². The molecule has 0 bridgehead atoms. The molecule has 11 nitrogen and oxygen atoms in total. The van der Waals surface area contributed by atoms with Crippen LogP contribution in [0.2, 0.25) is 0 Å². The van der Waals surface area contributed by atoms with E-state index in [0.29, 0.717) is 15.3 Å². The first kappa shape index (κ1) is 35.4. The van der Waals surface area contributed by atoms with Gasteiger partial charge in [0.1, 0.15) is 18.6 Å². The average Bonchev–Trinajstić information content (AvgIpc) is 3.55. The van der Waals surface area contributed by atoms with Gasteiger partial charge in [-0.15, -0.1) is 0 Å². The number of aliphatic hydroxyl groups is 1. The molecule has 1 amide bonds. The SMILES string of the molecule is CC(C)CN(C[C@@H](O)[C@H](Cc1ccccc1)NC(=O)O[C@H]1CCO[C@H]2OCC(F)(F)[C@H]21)S(=O)(=O)c1ccc2nc(NC(C)C)sc2c1. The van der Waals surface area contributed by atoms with Crippen LogP contribution >= 0.6 is 11.3 Å². The molecule has 0 spiro atoms. The molecule has 0 aliphatic carbocycles. The predicted molar refractivity (Wildman–Crippen MR) is 174 cm³/mol. The van der Waals surface area contributed by atoms with E-state index in [-0.39, 0.29) is 49.4 Å². The number of benzene rings is 2. The minimum atomic E-state index is -4.10. The van der Waals surface area contributed by atoms with Crippen LogP contribution in [0.4, 0.5) is 18.7 Å². The van der Waals surface area contributed by atoms with Crippen LogP contribution in [0.5, 0.6) is 0 Å². The summed E-state index contributed by atoms with van der Waals surface area (Å²) in [5, 5.41) is 18.1. The van der Waals surface area contributed by atoms with Gasteiger partial charge in [0, 0.05) is 25.6 Å². The van der Waals surface area contributed by atoms with Crippen molar-refractivity contribution in [3.63, 3.8) is 0 Å². The number of nitrogens with zero attached hydrogens (tertiary/aromatic N) is 2. The molecule has 47 heavy (non-hydrogen) atoms. The number of ether oxygens (including phenoxy) is 3. The van der Waals surface area contributed by atoms with E-state index in [1.54, 1.807) is 24.3 Å². The Kier molecular flexibility index (Phi) is 11.0. The Morgan fingerprint density at radius 3 is 2.60 bits per heavy atom. The normalized spacial score (nSPS) is 22.4. The Morgan fingerprint density at radius 2 is 1.89 bits per heavy atom. The van der Waals surface area contributed by atoms with Crippen LogP contribution in [0, 0.1) is 11.8 Å². The second-order valence-electron chi connectivity index (χ2n) is 12.7. The van der Waals surface area contributed by atoms with Crippen molar-refractivity contribution in [3.05, 3.63) is 54.1 Å². The third-order valence-corrected chi connectivity index (χ3v) is 10.8. The molecule has 0 unspecified atom stereocenters. The molecule has 1 aromatic heterocycles. The number of aliphatic hydroxyl groups excluding tert-OH is 1. The number of hydrogen-bond acceptors (Lipinski definition) is 10. The molecular weight excluding hydrogens is 655 g/mol. The Morgan fingerprint density at radius 1 is 1.15 bits per heavy atom. The first-order valence-corrected chi connectivity index (χ1v) is 18.0. The highest BCUT2D eigenvalue weighted by molar-refractivity contribution is 7.89. The molecule has 2 fully saturated rings. The molecule has 3 aromatic rings. The Hall–Kier alpha value is -2.95. The van der Waals surface area contributed by atoms with E-state index < -0.39 is 59.1 Å². The smallest absolute Gasteiger partial charge is 0.407 e. The molecule has 258 valence electrons. The predicted octanol–water partition coefficient (Wildman–Crippen LogP) is 4.86. The number of hydrogen-bond donors (Lipinski definition) is 3. The molecule has 0 saturated carbocycles. The largest absolute Gasteiger partial charge is 0.445 e. The second kappa shape index (κ2) is 14.7. The number of sulfonamides is 1. The Bertz CT molecular complexity index is 1620. The highest BCUT2D eigenvalue weighted by Gasteiger charge is 2.58. The molecule has 2 aliphatic rings. The number of alkyl carbamates (subject to hydrolysis) is 1. The number of nitrogens with one attached hydrogen (secondary N) is 2. The van der Waals surface area contributed by atoms with Gasteiger partial charge >= 0.3 is 6.09 Å². The number of carbonyl (C=O) groups excluding carboxylic acids is 1. The molecule has 2 aliphatic heterocycles. The zero-order chi connectivity index (χ0) is 33.9. The Balaban J connectivity index is 1.36. The fourth-order valence-corrected chi connectivity index (χ4v) is 8.59. The first-order valence-electron chi connectivity index (χ1n) is 15.7. The lowest BCUT2D eigenvalue weighted by molar-refractivity contribution is -0.194. The molecule has 0 radical (unpaired) electrons. The van der Waals surface area contributed by atoms with E-state index in [0.717, 1.165) is 5.56 Å². The van der Waals surface area contributed by atoms with Crippen LogP contribution < -0.4 is 10.6 Å². The van der Waals surface area contributed by atoms with Crippen LogP contribution in [0.3, 0.4) is 0 Å². The van der Waals surface area contributed by atoms with Gasteiger partial charge in [0.2, 0.25) is 10.0 Å². The van der Waals surface area contributed by atoms with E-state index >= 15 is 0 Å². The lowest BCUT2D eigenvalue weighted by Crippen LogP contribution is -2.53. The molecule has 5 rings (SSSR count). The highest BCUT2D eigenvalue weighted by atomic mass is 32.2. The summed E-state index contributed by atoms with van der Waals surface area (Å²) in [5.74, 6) is -4.79. The zero-order valence-electron chi connectivity index (χ0n) is 26.8.